The third kappa shape index (κ3) is 3.77. The molecule has 2 aromatic carbocycles. The first-order chi connectivity index (χ1) is 14.6. The summed E-state index contributed by atoms with van der Waals surface area (Å²) in [5.74, 6) is 1.99. The van der Waals surface area contributed by atoms with E-state index in [1.165, 1.54) is 10.7 Å². The predicted octanol–water partition coefficient (Wildman–Crippen LogP) is 2.79. The van der Waals surface area contributed by atoms with Crippen LogP contribution in [0.15, 0.2) is 40.9 Å². The fraction of sp³-hybridized carbons (Fsp3) is 0.211. The number of benzene rings is 2. The first-order valence-corrected chi connectivity index (χ1v) is 8.93. The first-order valence-electron chi connectivity index (χ1n) is 8.93. The van der Waals surface area contributed by atoms with Gasteiger partial charge in [0.25, 0.3) is 0 Å². The number of methoxy groups -OCH3 is 2. The molecular weight excluding hydrogens is 393 g/mol. The second kappa shape index (κ2) is 8.15. The molecule has 0 aliphatic heterocycles. The van der Waals surface area contributed by atoms with Crippen LogP contribution in [0, 0.1) is 12.7 Å². The van der Waals surface area contributed by atoms with Gasteiger partial charge in [-0.15, -0.1) is 5.10 Å². The summed E-state index contributed by atoms with van der Waals surface area (Å²) in [6.07, 6.45) is 0. The van der Waals surface area contributed by atoms with E-state index in [0.29, 0.717) is 34.7 Å². The average Bonchev–Trinajstić information content (AvgIpc) is 3.41. The van der Waals surface area contributed by atoms with Gasteiger partial charge in [0.2, 0.25) is 11.7 Å². The van der Waals surface area contributed by atoms with E-state index < -0.39 is 5.82 Å². The average molecular weight is 411 g/mol. The molecule has 0 saturated heterocycles. The molecule has 2 aromatic heterocycles. The summed E-state index contributed by atoms with van der Waals surface area (Å²) in [6, 6.07) is 9.88. The number of aromatic nitrogens is 6. The monoisotopic (exact) mass is 411 g/mol. The molecule has 0 aliphatic rings. The molecule has 0 fully saturated rings. The van der Waals surface area contributed by atoms with Crippen molar-refractivity contribution in [1.29, 1.82) is 0 Å². The van der Waals surface area contributed by atoms with Crippen molar-refractivity contribution in [2.75, 3.05) is 19.5 Å². The predicted molar refractivity (Wildman–Crippen MR) is 104 cm³/mol. The van der Waals surface area contributed by atoms with Crippen molar-refractivity contribution in [1.82, 2.24) is 30.3 Å². The van der Waals surface area contributed by atoms with Crippen LogP contribution in [-0.2, 0) is 6.54 Å². The Morgan fingerprint density at radius 2 is 1.93 bits per heavy atom. The van der Waals surface area contributed by atoms with Crippen LogP contribution in [0.3, 0.4) is 0 Å². The van der Waals surface area contributed by atoms with Crippen molar-refractivity contribution in [2.45, 2.75) is 13.5 Å². The molecule has 0 amide bonds. The van der Waals surface area contributed by atoms with Crippen molar-refractivity contribution >= 4 is 5.69 Å². The van der Waals surface area contributed by atoms with E-state index in [9.17, 15) is 4.39 Å². The maximum absolute atomic E-state index is 14.2. The number of halogens is 1. The maximum Gasteiger partial charge on any atom is 0.246 e. The van der Waals surface area contributed by atoms with Crippen LogP contribution in [0.1, 0.15) is 11.7 Å². The molecule has 1 N–H and O–H groups in total. The number of nitrogens with one attached hydrogen (secondary N) is 1. The van der Waals surface area contributed by atoms with E-state index in [1.54, 1.807) is 45.4 Å². The summed E-state index contributed by atoms with van der Waals surface area (Å²) in [6.45, 7) is 1.94. The lowest BCUT2D eigenvalue weighted by Crippen LogP contribution is -2.05. The second-order valence-corrected chi connectivity index (χ2v) is 6.24. The van der Waals surface area contributed by atoms with Gasteiger partial charge in [-0.05, 0) is 53.7 Å². The topological polar surface area (TPSA) is 113 Å². The number of anilines is 1. The fourth-order valence-electron chi connectivity index (χ4n) is 2.84. The SMILES string of the molecule is COc1ccc(-c2noc(CNc3ccc(F)c(-n4nnnc4C)c3)n2)cc1OC. The highest BCUT2D eigenvalue weighted by Crippen LogP contribution is 2.31. The minimum Gasteiger partial charge on any atom is -0.493 e. The smallest absolute Gasteiger partial charge is 0.246 e. The number of hydrogen-bond donors (Lipinski definition) is 1. The Labute approximate surface area is 170 Å². The minimum atomic E-state index is -0.440. The Kier molecular flexibility index (Phi) is 5.24. The highest BCUT2D eigenvalue weighted by atomic mass is 19.1. The van der Waals surface area contributed by atoms with Gasteiger partial charge in [0, 0.05) is 11.3 Å². The fourth-order valence-corrected chi connectivity index (χ4v) is 2.84. The van der Waals surface area contributed by atoms with Crippen molar-refractivity contribution in [3.05, 3.63) is 53.9 Å². The molecule has 0 aliphatic carbocycles. The molecule has 0 bridgehead atoms. The van der Waals surface area contributed by atoms with E-state index in [0.717, 1.165) is 5.56 Å². The number of nitrogens with zero attached hydrogens (tertiary/aromatic N) is 6. The van der Waals surface area contributed by atoms with Crippen LogP contribution in [0.4, 0.5) is 10.1 Å². The summed E-state index contributed by atoms with van der Waals surface area (Å²) >= 11 is 0. The van der Waals surface area contributed by atoms with Gasteiger partial charge >= 0.3 is 0 Å². The lowest BCUT2D eigenvalue weighted by atomic mass is 10.2. The quantitative estimate of drug-likeness (QED) is 0.490. The third-order valence-electron chi connectivity index (χ3n) is 4.35. The summed E-state index contributed by atoms with van der Waals surface area (Å²) in [5.41, 5.74) is 1.60. The minimum absolute atomic E-state index is 0.235. The van der Waals surface area contributed by atoms with Gasteiger partial charge < -0.3 is 19.3 Å². The van der Waals surface area contributed by atoms with Gasteiger partial charge in [-0.1, -0.05) is 5.16 Å². The normalized spacial score (nSPS) is 10.8. The number of ether oxygens (including phenoxy) is 2. The molecule has 0 spiro atoms. The van der Waals surface area contributed by atoms with Crippen LogP contribution in [0.25, 0.3) is 17.1 Å². The summed E-state index contributed by atoms with van der Waals surface area (Å²) < 4.78 is 31.3. The van der Waals surface area contributed by atoms with Crippen LogP contribution in [0.5, 0.6) is 11.5 Å². The van der Waals surface area contributed by atoms with Gasteiger partial charge in [0.1, 0.15) is 11.5 Å². The molecule has 0 unspecified atom stereocenters. The largest absolute Gasteiger partial charge is 0.493 e. The van der Waals surface area contributed by atoms with E-state index in [2.05, 4.69) is 31.0 Å². The molecule has 4 aromatic rings. The zero-order valence-electron chi connectivity index (χ0n) is 16.5. The summed E-state index contributed by atoms with van der Waals surface area (Å²) in [5, 5.41) is 18.2. The molecule has 154 valence electrons. The van der Waals surface area contributed by atoms with Crippen LogP contribution in [0.2, 0.25) is 0 Å². The Hall–Kier alpha value is -4.02. The second-order valence-electron chi connectivity index (χ2n) is 6.24. The zero-order valence-corrected chi connectivity index (χ0v) is 16.5. The molecule has 0 atom stereocenters. The number of tetrazole rings is 1. The number of hydrogen-bond acceptors (Lipinski definition) is 9. The van der Waals surface area contributed by atoms with Gasteiger partial charge in [-0.3, -0.25) is 0 Å². The first kappa shape index (κ1) is 19.3. The van der Waals surface area contributed by atoms with Gasteiger partial charge in [-0.25, -0.2) is 4.39 Å². The molecular formula is C19H18FN7O3. The van der Waals surface area contributed by atoms with Gasteiger partial charge in [0.15, 0.2) is 17.3 Å². The Balaban J connectivity index is 1.50. The maximum atomic E-state index is 14.2. The molecule has 30 heavy (non-hydrogen) atoms. The Bertz CT molecular complexity index is 1170. The van der Waals surface area contributed by atoms with Gasteiger partial charge in [0.05, 0.1) is 20.8 Å². The molecule has 4 rings (SSSR count). The van der Waals surface area contributed by atoms with Crippen molar-refractivity contribution in [3.63, 3.8) is 0 Å². The molecule has 0 radical (unpaired) electrons. The highest BCUT2D eigenvalue weighted by molar-refractivity contribution is 5.60. The molecule has 11 heteroatoms. The van der Waals surface area contributed by atoms with E-state index >= 15 is 0 Å². The lowest BCUT2D eigenvalue weighted by molar-refractivity contribution is 0.355. The summed E-state index contributed by atoms with van der Waals surface area (Å²) in [4.78, 5) is 4.38. The number of rotatable bonds is 7. The van der Waals surface area contributed by atoms with Crippen molar-refractivity contribution in [2.24, 2.45) is 0 Å². The van der Waals surface area contributed by atoms with Crippen molar-refractivity contribution < 1.29 is 18.4 Å². The lowest BCUT2D eigenvalue weighted by Gasteiger charge is -2.08. The standard InChI is InChI=1S/C19H18FN7O3/c1-11-23-25-26-27(11)15-9-13(5-6-14(15)20)21-10-18-22-19(24-30-18)12-4-7-16(28-2)17(8-12)29-3/h4-9,21H,10H2,1-3H3. The summed E-state index contributed by atoms with van der Waals surface area (Å²) in [7, 11) is 3.12. The Morgan fingerprint density at radius 3 is 2.67 bits per heavy atom. The van der Waals surface area contributed by atoms with Crippen LogP contribution < -0.4 is 14.8 Å². The zero-order chi connectivity index (χ0) is 21.1. The van der Waals surface area contributed by atoms with E-state index in [1.807, 2.05) is 6.07 Å². The molecule has 0 saturated carbocycles. The number of aryl methyl sites for hydroxylation is 1. The highest BCUT2D eigenvalue weighted by Gasteiger charge is 2.13. The Morgan fingerprint density at radius 1 is 1.10 bits per heavy atom. The molecule has 2 heterocycles. The van der Waals surface area contributed by atoms with Crippen molar-refractivity contribution in [3.8, 4) is 28.6 Å². The molecule has 10 nitrogen and oxygen atoms in total. The van der Waals surface area contributed by atoms with E-state index in [-0.39, 0.29) is 12.2 Å². The van der Waals surface area contributed by atoms with Crippen LogP contribution >= 0.6 is 0 Å². The van der Waals surface area contributed by atoms with Crippen LogP contribution in [-0.4, -0.2) is 44.6 Å². The third-order valence-corrected chi connectivity index (χ3v) is 4.35. The van der Waals surface area contributed by atoms with E-state index in [4.69, 9.17) is 14.0 Å². The van der Waals surface area contributed by atoms with Gasteiger partial charge in [-0.2, -0.15) is 9.67 Å².